The Morgan fingerprint density at radius 1 is 1.26 bits per heavy atom. The molecule has 0 unspecified atom stereocenters. The molecular weight excluding hydrogens is 371 g/mol. The first-order valence-electron chi connectivity index (χ1n) is 8.37. The summed E-state index contributed by atoms with van der Waals surface area (Å²) in [5.74, 6) is -0.762. The summed E-state index contributed by atoms with van der Waals surface area (Å²) >= 11 is 5.99. The number of nitrogens with zero attached hydrogens (tertiary/aromatic N) is 2. The summed E-state index contributed by atoms with van der Waals surface area (Å²) in [6.07, 6.45) is 1.42. The van der Waals surface area contributed by atoms with Gasteiger partial charge >= 0.3 is 0 Å². The van der Waals surface area contributed by atoms with Crippen LogP contribution in [-0.4, -0.2) is 22.6 Å². The average molecular weight is 393 g/mol. The number of carbonyl (C=O) groups is 1. The highest BCUT2D eigenvalue weighted by atomic mass is 35.5. The number of amides is 1. The van der Waals surface area contributed by atoms with E-state index in [0.717, 1.165) is 0 Å². The van der Waals surface area contributed by atoms with E-state index in [4.69, 9.17) is 27.8 Å². The van der Waals surface area contributed by atoms with Gasteiger partial charge in [-0.1, -0.05) is 25.4 Å². The molecule has 0 bridgehead atoms. The van der Waals surface area contributed by atoms with Crippen LogP contribution in [0.4, 0.5) is 10.2 Å². The van der Waals surface area contributed by atoms with Gasteiger partial charge in [-0.25, -0.2) is 9.37 Å². The molecule has 6 nitrogen and oxygen atoms in total. The first-order chi connectivity index (χ1) is 12.8. The van der Waals surface area contributed by atoms with Gasteiger partial charge in [0.1, 0.15) is 23.0 Å². The Hall–Kier alpha value is -2.80. The third-order valence-electron chi connectivity index (χ3n) is 4.20. The van der Waals surface area contributed by atoms with Crippen LogP contribution >= 0.6 is 11.6 Å². The van der Waals surface area contributed by atoms with Crippen LogP contribution in [0.2, 0.25) is 5.02 Å². The van der Waals surface area contributed by atoms with E-state index in [-0.39, 0.29) is 11.4 Å². The average Bonchev–Trinajstić information content (AvgIpc) is 2.91. The predicted molar refractivity (Wildman–Crippen MR) is 106 cm³/mol. The van der Waals surface area contributed by atoms with Crippen molar-refractivity contribution in [1.82, 2.24) is 9.55 Å². The van der Waals surface area contributed by atoms with E-state index in [2.05, 4.69) is 4.98 Å². The summed E-state index contributed by atoms with van der Waals surface area (Å²) in [5.41, 5.74) is 13.6. The van der Waals surface area contributed by atoms with Gasteiger partial charge in [0.05, 0.1) is 23.4 Å². The predicted octanol–water partition coefficient (Wildman–Crippen LogP) is 4.15. The number of benzene rings is 1. The van der Waals surface area contributed by atoms with E-state index in [1.807, 2.05) is 13.8 Å². The minimum absolute atomic E-state index is 0.0659. The van der Waals surface area contributed by atoms with Gasteiger partial charge in [0.25, 0.3) is 5.91 Å². The van der Waals surface area contributed by atoms with E-state index in [1.165, 1.54) is 23.9 Å². The molecule has 1 amide bonds. The second-order valence-electron chi connectivity index (χ2n) is 5.64. The molecule has 0 saturated carbocycles. The molecule has 0 saturated heterocycles. The minimum Gasteiger partial charge on any atom is -0.496 e. The molecule has 144 valence electrons. The Balaban J connectivity index is 0.00000126. The van der Waals surface area contributed by atoms with Crippen molar-refractivity contribution in [3.05, 3.63) is 45.9 Å². The van der Waals surface area contributed by atoms with Gasteiger partial charge in [-0.15, -0.1) is 0 Å². The number of pyridine rings is 1. The van der Waals surface area contributed by atoms with Gasteiger partial charge in [0.15, 0.2) is 0 Å². The number of hydrogen-bond acceptors (Lipinski definition) is 4. The Bertz CT molecular complexity index is 1030. The van der Waals surface area contributed by atoms with Crippen LogP contribution < -0.4 is 16.2 Å². The van der Waals surface area contributed by atoms with Crippen LogP contribution in [0.5, 0.6) is 5.75 Å². The fourth-order valence-electron chi connectivity index (χ4n) is 3.03. The number of carbonyl (C=O) groups excluding carboxylic acids is 1. The van der Waals surface area contributed by atoms with Crippen LogP contribution in [0.1, 0.15) is 35.3 Å². The summed E-state index contributed by atoms with van der Waals surface area (Å²) in [6, 6.07) is 2.85. The SMILES string of the molecule is CC.COc1cc(F)c(C)c(-n2c(N)c(C(N)=O)c3cc(Cl)cnc32)c1C. The number of hydrogen-bond donors (Lipinski definition) is 2. The molecule has 2 heterocycles. The summed E-state index contributed by atoms with van der Waals surface area (Å²) in [4.78, 5) is 16.2. The number of methoxy groups -OCH3 is 1. The second kappa shape index (κ2) is 7.84. The molecule has 4 N–H and O–H groups in total. The molecule has 0 atom stereocenters. The van der Waals surface area contributed by atoms with Crippen LogP contribution in [0.3, 0.4) is 0 Å². The highest BCUT2D eigenvalue weighted by Gasteiger charge is 2.25. The van der Waals surface area contributed by atoms with Crippen LogP contribution in [0.25, 0.3) is 16.7 Å². The molecule has 0 aliphatic rings. The third-order valence-corrected chi connectivity index (χ3v) is 4.40. The number of halogens is 2. The molecule has 2 aromatic heterocycles. The minimum atomic E-state index is -0.719. The Kier molecular flexibility index (Phi) is 5.95. The van der Waals surface area contributed by atoms with Gasteiger partial charge in [-0.3, -0.25) is 9.36 Å². The van der Waals surface area contributed by atoms with Crippen molar-refractivity contribution >= 4 is 34.4 Å². The molecule has 3 aromatic rings. The van der Waals surface area contributed by atoms with E-state index < -0.39 is 11.7 Å². The van der Waals surface area contributed by atoms with Crippen molar-refractivity contribution in [3.63, 3.8) is 0 Å². The van der Waals surface area contributed by atoms with Crippen molar-refractivity contribution < 1.29 is 13.9 Å². The lowest BCUT2D eigenvalue weighted by Crippen LogP contribution is -2.14. The van der Waals surface area contributed by atoms with Crippen LogP contribution in [-0.2, 0) is 0 Å². The fourth-order valence-corrected chi connectivity index (χ4v) is 3.19. The first kappa shape index (κ1) is 20.5. The molecule has 0 aliphatic carbocycles. The maximum atomic E-state index is 14.4. The third kappa shape index (κ3) is 3.30. The lowest BCUT2D eigenvalue weighted by atomic mass is 10.1. The van der Waals surface area contributed by atoms with E-state index >= 15 is 0 Å². The second-order valence-corrected chi connectivity index (χ2v) is 6.08. The molecule has 0 radical (unpaired) electrons. The zero-order valence-corrected chi connectivity index (χ0v) is 16.6. The maximum Gasteiger partial charge on any atom is 0.253 e. The number of fused-ring (bicyclic) bond motifs is 1. The summed E-state index contributed by atoms with van der Waals surface area (Å²) in [6.45, 7) is 7.38. The molecule has 0 fully saturated rings. The van der Waals surface area contributed by atoms with Gasteiger partial charge < -0.3 is 16.2 Å². The van der Waals surface area contributed by atoms with Crippen molar-refractivity contribution in [2.45, 2.75) is 27.7 Å². The number of rotatable bonds is 3. The normalized spacial score (nSPS) is 10.5. The largest absolute Gasteiger partial charge is 0.496 e. The monoisotopic (exact) mass is 392 g/mol. The van der Waals surface area contributed by atoms with Crippen molar-refractivity contribution in [2.75, 3.05) is 12.8 Å². The standard InChI is InChI=1S/C17H16ClFN4O2.C2H6/c1-7-11(19)5-12(25-3)8(2)14(7)23-15(20)13(16(21)24)10-4-9(18)6-22-17(10)23;1-2/h4-6H,20H2,1-3H3,(H2,21,24);1-2H3. The number of ether oxygens (including phenoxy) is 1. The Labute approximate surface area is 161 Å². The van der Waals surface area contributed by atoms with Gasteiger partial charge in [-0.2, -0.15) is 0 Å². The maximum absolute atomic E-state index is 14.4. The lowest BCUT2D eigenvalue weighted by Gasteiger charge is -2.17. The van der Waals surface area contributed by atoms with Crippen molar-refractivity contribution in [2.24, 2.45) is 5.73 Å². The molecular formula is C19H22ClFN4O2. The van der Waals surface area contributed by atoms with Gasteiger partial charge in [0, 0.05) is 28.8 Å². The summed E-state index contributed by atoms with van der Waals surface area (Å²) < 4.78 is 21.1. The van der Waals surface area contributed by atoms with Crippen molar-refractivity contribution in [3.8, 4) is 11.4 Å². The van der Waals surface area contributed by atoms with Crippen LogP contribution in [0.15, 0.2) is 18.3 Å². The number of anilines is 1. The number of aromatic nitrogens is 2. The van der Waals surface area contributed by atoms with E-state index in [0.29, 0.717) is 38.6 Å². The summed E-state index contributed by atoms with van der Waals surface area (Å²) in [7, 11) is 1.45. The zero-order chi connectivity index (χ0) is 20.5. The molecule has 8 heteroatoms. The lowest BCUT2D eigenvalue weighted by molar-refractivity contribution is 0.100. The van der Waals surface area contributed by atoms with Gasteiger partial charge in [-0.05, 0) is 19.9 Å². The molecule has 0 spiro atoms. The Morgan fingerprint density at radius 2 is 1.89 bits per heavy atom. The first-order valence-corrected chi connectivity index (χ1v) is 8.75. The smallest absolute Gasteiger partial charge is 0.253 e. The number of nitrogen functional groups attached to an aromatic ring is 1. The zero-order valence-electron chi connectivity index (χ0n) is 15.9. The highest BCUT2D eigenvalue weighted by Crippen LogP contribution is 2.37. The topological polar surface area (TPSA) is 96.2 Å². The fraction of sp³-hybridized carbons (Fsp3) is 0.263. The quantitative estimate of drug-likeness (QED) is 0.699. The molecule has 0 aliphatic heterocycles. The van der Waals surface area contributed by atoms with Crippen LogP contribution in [0, 0.1) is 19.7 Å². The van der Waals surface area contributed by atoms with E-state index in [1.54, 1.807) is 19.9 Å². The molecule has 3 rings (SSSR count). The van der Waals surface area contributed by atoms with Crippen molar-refractivity contribution in [1.29, 1.82) is 0 Å². The summed E-state index contributed by atoms with van der Waals surface area (Å²) in [5, 5.41) is 0.733. The Morgan fingerprint density at radius 3 is 2.44 bits per heavy atom. The molecule has 1 aromatic carbocycles. The number of primary amides is 1. The van der Waals surface area contributed by atoms with E-state index in [9.17, 15) is 9.18 Å². The van der Waals surface area contributed by atoms with Gasteiger partial charge in [0.2, 0.25) is 0 Å². The highest BCUT2D eigenvalue weighted by molar-refractivity contribution is 6.31. The number of nitrogens with two attached hydrogens (primary N) is 2. The molecule has 27 heavy (non-hydrogen) atoms.